The zero-order valence-electron chi connectivity index (χ0n) is 13.8. The first-order valence-corrected chi connectivity index (χ1v) is 7.60. The highest BCUT2D eigenvalue weighted by atomic mass is 16.1. The zero-order chi connectivity index (χ0) is 17.8. The molecule has 0 aliphatic carbocycles. The van der Waals surface area contributed by atoms with Crippen molar-refractivity contribution in [3.8, 4) is 0 Å². The number of aryl methyl sites for hydroxylation is 1. The molecule has 0 saturated heterocycles. The summed E-state index contributed by atoms with van der Waals surface area (Å²) in [6, 6.07) is 9.22. The Morgan fingerprint density at radius 1 is 1.08 bits per heavy atom. The fourth-order valence-electron chi connectivity index (χ4n) is 2.25. The Hall–Kier alpha value is -3.55. The summed E-state index contributed by atoms with van der Waals surface area (Å²) in [6.07, 6.45) is 3.00. The maximum absolute atomic E-state index is 11.9. The van der Waals surface area contributed by atoms with Crippen LogP contribution in [0, 0.1) is 12.3 Å². The number of anilines is 4. The van der Waals surface area contributed by atoms with Crippen LogP contribution in [0.2, 0.25) is 0 Å². The summed E-state index contributed by atoms with van der Waals surface area (Å²) in [5.74, 6) is 0.873. The Labute approximate surface area is 143 Å². The summed E-state index contributed by atoms with van der Waals surface area (Å²) in [5.41, 5.74) is 2.48. The fourth-order valence-corrected chi connectivity index (χ4v) is 2.25. The van der Waals surface area contributed by atoms with Crippen molar-refractivity contribution in [2.75, 3.05) is 10.6 Å². The van der Waals surface area contributed by atoms with Gasteiger partial charge in [0.2, 0.25) is 5.95 Å². The first-order valence-electron chi connectivity index (χ1n) is 7.60. The minimum atomic E-state index is -0.347. The molecule has 8 nitrogen and oxygen atoms in total. The lowest BCUT2D eigenvalue weighted by molar-refractivity contribution is 1.10. The number of rotatable bonds is 5. The monoisotopic (exact) mass is 335 g/mol. The number of aromatic nitrogens is 4. The molecule has 0 bridgehead atoms. The molecule has 3 aromatic rings. The van der Waals surface area contributed by atoms with Crippen molar-refractivity contribution in [1.82, 2.24) is 19.9 Å². The Balaban J connectivity index is 1.79. The highest BCUT2D eigenvalue weighted by Crippen LogP contribution is 2.20. The molecule has 2 heterocycles. The van der Waals surface area contributed by atoms with E-state index in [0.29, 0.717) is 11.8 Å². The summed E-state index contributed by atoms with van der Waals surface area (Å²) in [6.45, 7) is 3.45. The fraction of sp³-hybridized carbons (Fsp3) is 0.118. The molecule has 0 unspecified atom stereocenters. The van der Waals surface area contributed by atoms with Gasteiger partial charge in [-0.3, -0.25) is 4.79 Å². The molecule has 2 aromatic heterocycles. The van der Waals surface area contributed by atoms with Crippen LogP contribution < -0.4 is 16.2 Å². The molecule has 0 radical (unpaired) electrons. The largest absolute Gasteiger partial charge is 0.339 e. The van der Waals surface area contributed by atoms with Gasteiger partial charge in [-0.15, -0.1) is 0 Å². The quantitative estimate of drug-likeness (QED) is 0.532. The van der Waals surface area contributed by atoms with Crippen LogP contribution >= 0.6 is 0 Å². The molecule has 0 spiro atoms. The number of hydrogen-bond donors (Lipinski definition) is 4. The first kappa shape index (κ1) is 16.3. The van der Waals surface area contributed by atoms with Crippen molar-refractivity contribution >= 4 is 28.9 Å². The average Bonchev–Trinajstić information content (AvgIpc) is 2.56. The van der Waals surface area contributed by atoms with Gasteiger partial charge in [-0.25, -0.2) is 15.0 Å². The maximum Gasteiger partial charge on any atom is 0.261 e. The van der Waals surface area contributed by atoms with Gasteiger partial charge in [-0.2, -0.15) is 0 Å². The van der Waals surface area contributed by atoms with Crippen molar-refractivity contribution in [1.29, 1.82) is 5.41 Å². The van der Waals surface area contributed by atoms with Crippen LogP contribution in [0.25, 0.3) is 0 Å². The van der Waals surface area contributed by atoms with Gasteiger partial charge in [0.1, 0.15) is 11.4 Å². The standard InChI is InChI=1S/C17H17N7O/c1-10-7-8-19-17(22-10)24-13-5-3-12(4-6-13)23-15-14(11(2)18)16(25)21-9-20-15/h3-9,18H,1-2H3,(H,19,22,24)(H2,20,21,23,25). The van der Waals surface area contributed by atoms with Crippen LogP contribution in [0.1, 0.15) is 18.2 Å². The molecule has 25 heavy (non-hydrogen) atoms. The molecule has 126 valence electrons. The molecular formula is C17H17N7O. The first-order chi connectivity index (χ1) is 12.0. The van der Waals surface area contributed by atoms with Crippen LogP contribution in [0.15, 0.2) is 47.7 Å². The van der Waals surface area contributed by atoms with Crippen LogP contribution in [-0.2, 0) is 0 Å². The molecule has 8 heteroatoms. The molecule has 0 saturated carbocycles. The van der Waals surface area contributed by atoms with Crippen molar-refractivity contribution in [3.63, 3.8) is 0 Å². The van der Waals surface area contributed by atoms with E-state index in [-0.39, 0.29) is 16.8 Å². The van der Waals surface area contributed by atoms with E-state index in [1.807, 2.05) is 37.3 Å². The lowest BCUT2D eigenvalue weighted by Crippen LogP contribution is -2.19. The van der Waals surface area contributed by atoms with Gasteiger partial charge < -0.3 is 21.0 Å². The second-order valence-corrected chi connectivity index (χ2v) is 5.43. The van der Waals surface area contributed by atoms with E-state index in [4.69, 9.17) is 5.41 Å². The van der Waals surface area contributed by atoms with Gasteiger partial charge in [0.15, 0.2) is 0 Å². The second kappa shape index (κ2) is 6.91. The predicted octanol–water partition coefficient (Wildman–Crippen LogP) is 2.74. The van der Waals surface area contributed by atoms with E-state index in [0.717, 1.165) is 17.1 Å². The lowest BCUT2D eigenvalue weighted by Gasteiger charge is -2.10. The summed E-state index contributed by atoms with van der Waals surface area (Å²) >= 11 is 0. The lowest BCUT2D eigenvalue weighted by atomic mass is 10.2. The smallest absolute Gasteiger partial charge is 0.261 e. The third-order valence-electron chi connectivity index (χ3n) is 3.43. The highest BCUT2D eigenvalue weighted by Gasteiger charge is 2.11. The van der Waals surface area contributed by atoms with E-state index in [9.17, 15) is 4.79 Å². The highest BCUT2D eigenvalue weighted by molar-refractivity contribution is 6.00. The Morgan fingerprint density at radius 2 is 1.76 bits per heavy atom. The van der Waals surface area contributed by atoms with Crippen molar-refractivity contribution in [2.45, 2.75) is 13.8 Å². The minimum Gasteiger partial charge on any atom is -0.339 e. The molecular weight excluding hydrogens is 318 g/mol. The van der Waals surface area contributed by atoms with Crippen molar-refractivity contribution in [2.24, 2.45) is 0 Å². The summed E-state index contributed by atoms with van der Waals surface area (Å²) in [5, 5.41) is 13.9. The van der Waals surface area contributed by atoms with Gasteiger partial charge in [0.05, 0.1) is 6.33 Å². The number of aromatic amines is 1. The number of nitrogens with one attached hydrogen (secondary N) is 4. The van der Waals surface area contributed by atoms with Crippen LogP contribution in [0.5, 0.6) is 0 Å². The van der Waals surface area contributed by atoms with E-state index in [1.54, 1.807) is 13.1 Å². The minimum absolute atomic E-state index is 0.145. The van der Waals surface area contributed by atoms with E-state index in [2.05, 4.69) is 30.6 Å². The van der Waals surface area contributed by atoms with Gasteiger partial charge in [-0.05, 0) is 44.2 Å². The number of nitrogens with zero attached hydrogens (tertiary/aromatic N) is 3. The molecule has 0 aliphatic heterocycles. The van der Waals surface area contributed by atoms with Crippen LogP contribution in [0.4, 0.5) is 23.1 Å². The summed E-state index contributed by atoms with van der Waals surface area (Å²) < 4.78 is 0. The molecule has 0 fully saturated rings. The molecule has 3 rings (SSSR count). The van der Waals surface area contributed by atoms with Crippen LogP contribution in [-0.4, -0.2) is 25.6 Å². The Morgan fingerprint density at radius 3 is 2.40 bits per heavy atom. The van der Waals surface area contributed by atoms with Gasteiger partial charge in [0.25, 0.3) is 5.56 Å². The van der Waals surface area contributed by atoms with E-state index >= 15 is 0 Å². The van der Waals surface area contributed by atoms with Crippen molar-refractivity contribution < 1.29 is 0 Å². The Bertz CT molecular complexity index is 963. The second-order valence-electron chi connectivity index (χ2n) is 5.43. The van der Waals surface area contributed by atoms with E-state index in [1.165, 1.54) is 6.33 Å². The molecule has 4 N–H and O–H groups in total. The molecule has 0 atom stereocenters. The molecule has 1 aromatic carbocycles. The molecule has 0 aliphatic rings. The third kappa shape index (κ3) is 3.86. The number of benzene rings is 1. The topological polar surface area (TPSA) is 119 Å². The van der Waals surface area contributed by atoms with E-state index < -0.39 is 0 Å². The van der Waals surface area contributed by atoms with Gasteiger partial charge in [-0.1, -0.05) is 0 Å². The normalized spacial score (nSPS) is 10.3. The summed E-state index contributed by atoms with van der Waals surface area (Å²) in [4.78, 5) is 26.9. The third-order valence-corrected chi connectivity index (χ3v) is 3.43. The van der Waals surface area contributed by atoms with Gasteiger partial charge >= 0.3 is 0 Å². The number of H-pyrrole nitrogens is 1. The zero-order valence-corrected chi connectivity index (χ0v) is 13.8. The number of hydrogen-bond acceptors (Lipinski definition) is 7. The predicted molar refractivity (Wildman–Crippen MR) is 97.1 cm³/mol. The molecule has 0 amide bonds. The SMILES string of the molecule is CC(=N)c1c(Nc2ccc(Nc3nccc(C)n3)cc2)nc[nH]c1=O. The van der Waals surface area contributed by atoms with Crippen molar-refractivity contribution in [3.05, 3.63) is 64.5 Å². The van der Waals surface area contributed by atoms with Crippen LogP contribution in [0.3, 0.4) is 0 Å². The summed E-state index contributed by atoms with van der Waals surface area (Å²) in [7, 11) is 0. The van der Waals surface area contributed by atoms with Gasteiger partial charge in [0, 0.05) is 29.0 Å². The Kier molecular flexibility index (Phi) is 4.51. The maximum atomic E-state index is 11.9. The average molecular weight is 335 g/mol.